The number of rotatable bonds is 3. The predicted molar refractivity (Wildman–Crippen MR) is 119 cm³/mol. The molecule has 3 aromatic rings. The minimum absolute atomic E-state index is 0.160. The molecule has 0 unspecified atom stereocenters. The van der Waals surface area contributed by atoms with E-state index in [1.54, 1.807) is 36.4 Å². The molecule has 30 heavy (non-hydrogen) atoms. The summed E-state index contributed by atoms with van der Waals surface area (Å²) in [6.07, 6.45) is 1.03. The third kappa shape index (κ3) is 3.74. The van der Waals surface area contributed by atoms with Crippen molar-refractivity contribution in [1.82, 2.24) is 9.29 Å². The molecular weight excluding hydrogens is 468 g/mol. The zero-order valence-corrected chi connectivity index (χ0v) is 19.4. The minimum atomic E-state index is -3.74. The molecule has 8 heteroatoms. The first-order valence-electron chi connectivity index (χ1n) is 9.71. The van der Waals surface area contributed by atoms with Crippen LogP contribution in [-0.2, 0) is 21.2 Å². The van der Waals surface area contributed by atoms with Crippen molar-refractivity contribution in [1.29, 1.82) is 0 Å². The number of ether oxygens (including phenoxy) is 1. The highest BCUT2D eigenvalue weighted by Gasteiger charge is 2.30. The second-order valence-corrected chi connectivity index (χ2v) is 11.0. The van der Waals surface area contributed by atoms with Gasteiger partial charge in [0.25, 0.3) is 10.0 Å². The monoisotopic (exact) mass is 490 g/mol. The molecule has 1 aromatic heterocycles. The summed E-state index contributed by atoms with van der Waals surface area (Å²) in [6, 6.07) is 13.7. The van der Waals surface area contributed by atoms with Gasteiger partial charge in [0.05, 0.1) is 16.5 Å². The smallest absolute Gasteiger partial charge is 0.408 e. The van der Waals surface area contributed by atoms with Crippen molar-refractivity contribution in [3.63, 3.8) is 0 Å². The number of fused-ring (bicyclic) bond motifs is 3. The van der Waals surface area contributed by atoms with Crippen molar-refractivity contribution in [2.45, 2.75) is 50.2 Å². The maximum atomic E-state index is 13.2. The second kappa shape index (κ2) is 7.42. The summed E-state index contributed by atoms with van der Waals surface area (Å²) in [4.78, 5) is 12.4. The van der Waals surface area contributed by atoms with E-state index in [1.807, 2.05) is 32.9 Å². The Bertz CT molecular complexity index is 1230. The van der Waals surface area contributed by atoms with Crippen LogP contribution in [0.5, 0.6) is 0 Å². The standard InChI is InChI=1S/C22H23BrN2O4S/c1-22(2,3)29-21(26)24-18-11-9-15-16(18)10-12-19-17(15)13-20(23)25(19)30(27,28)14-7-5-4-6-8-14/h4-8,10,12-13,18H,9,11H2,1-3H3,(H,24,26)/t18-/m1/s1. The fraction of sp³-hybridized carbons (Fsp3) is 0.318. The number of hydrogen-bond acceptors (Lipinski definition) is 4. The van der Waals surface area contributed by atoms with Crippen molar-refractivity contribution in [3.8, 4) is 0 Å². The van der Waals surface area contributed by atoms with Crippen LogP contribution in [0.3, 0.4) is 0 Å². The summed E-state index contributed by atoms with van der Waals surface area (Å²) in [5.74, 6) is 0. The van der Waals surface area contributed by atoms with Gasteiger partial charge in [-0.25, -0.2) is 17.2 Å². The Morgan fingerprint density at radius 3 is 2.53 bits per heavy atom. The lowest BCUT2D eigenvalue weighted by Crippen LogP contribution is -2.34. The fourth-order valence-electron chi connectivity index (χ4n) is 3.89. The predicted octanol–water partition coefficient (Wildman–Crippen LogP) is 5.15. The highest BCUT2D eigenvalue weighted by Crippen LogP contribution is 2.39. The van der Waals surface area contributed by atoms with E-state index in [9.17, 15) is 13.2 Å². The largest absolute Gasteiger partial charge is 0.444 e. The normalized spacial score (nSPS) is 16.5. The van der Waals surface area contributed by atoms with Gasteiger partial charge in [0.1, 0.15) is 10.2 Å². The van der Waals surface area contributed by atoms with Crippen molar-refractivity contribution < 1.29 is 17.9 Å². The number of carbonyl (C=O) groups excluding carboxylic acids is 1. The molecule has 1 aliphatic carbocycles. The van der Waals surface area contributed by atoms with Gasteiger partial charge in [0.2, 0.25) is 0 Å². The van der Waals surface area contributed by atoms with Crippen LogP contribution in [0.1, 0.15) is 44.4 Å². The molecule has 0 bridgehead atoms. The maximum absolute atomic E-state index is 13.2. The number of aryl methyl sites for hydroxylation is 1. The lowest BCUT2D eigenvalue weighted by molar-refractivity contribution is 0.0503. The van der Waals surface area contributed by atoms with Crippen LogP contribution in [0.4, 0.5) is 4.79 Å². The quantitative estimate of drug-likeness (QED) is 0.550. The van der Waals surface area contributed by atoms with Crippen LogP contribution in [0.25, 0.3) is 10.9 Å². The van der Waals surface area contributed by atoms with Gasteiger partial charge in [0, 0.05) is 5.39 Å². The SMILES string of the molecule is CC(C)(C)OC(=O)N[C@@H]1CCc2c1ccc1c2cc(Br)n1S(=O)(=O)c1ccccc1. The van der Waals surface area contributed by atoms with E-state index in [2.05, 4.69) is 21.2 Å². The van der Waals surface area contributed by atoms with Crippen molar-refractivity contribution >= 4 is 42.9 Å². The molecule has 1 atom stereocenters. The zero-order valence-electron chi connectivity index (χ0n) is 17.0. The van der Waals surface area contributed by atoms with Crippen LogP contribution >= 0.6 is 15.9 Å². The number of amides is 1. The molecule has 0 radical (unpaired) electrons. The van der Waals surface area contributed by atoms with E-state index in [0.717, 1.165) is 29.4 Å². The van der Waals surface area contributed by atoms with Gasteiger partial charge in [-0.15, -0.1) is 0 Å². The number of hydrogen-bond donors (Lipinski definition) is 1. The third-order valence-electron chi connectivity index (χ3n) is 5.08. The number of aromatic nitrogens is 1. The number of halogens is 1. The summed E-state index contributed by atoms with van der Waals surface area (Å²) in [5, 5.41) is 3.80. The van der Waals surface area contributed by atoms with Gasteiger partial charge in [0.15, 0.2) is 0 Å². The molecule has 2 aromatic carbocycles. The summed E-state index contributed by atoms with van der Waals surface area (Å²) in [5.41, 5.74) is 2.09. The number of alkyl carbamates (subject to hydrolysis) is 1. The molecule has 0 saturated heterocycles. The number of benzene rings is 2. The molecule has 1 aliphatic rings. The number of nitrogens with zero attached hydrogens (tertiary/aromatic N) is 1. The Morgan fingerprint density at radius 1 is 1.17 bits per heavy atom. The van der Waals surface area contributed by atoms with Crippen molar-refractivity contribution in [3.05, 3.63) is 64.3 Å². The molecular formula is C22H23BrN2O4S. The second-order valence-electron chi connectivity index (χ2n) is 8.35. The van der Waals surface area contributed by atoms with Crippen LogP contribution in [0.15, 0.2) is 58.0 Å². The summed E-state index contributed by atoms with van der Waals surface area (Å²) >= 11 is 3.43. The van der Waals surface area contributed by atoms with Gasteiger partial charge in [-0.05, 0) is 84.9 Å². The summed E-state index contributed by atoms with van der Waals surface area (Å²) in [7, 11) is -3.74. The molecule has 1 amide bonds. The lowest BCUT2D eigenvalue weighted by atomic mass is 10.0. The van der Waals surface area contributed by atoms with Crippen LogP contribution in [-0.4, -0.2) is 24.1 Å². The Kier molecular flexibility index (Phi) is 5.18. The summed E-state index contributed by atoms with van der Waals surface area (Å²) < 4.78 is 33.6. The lowest BCUT2D eigenvalue weighted by Gasteiger charge is -2.22. The first-order valence-corrected chi connectivity index (χ1v) is 11.9. The van der Waals surface area contributed by atoms with Crippen LogP contribution < -0.4 is 5.32 Å². The van der Waals surface area contributed by atoms with E-state index < -0.39 is 21.7 Å². The van der Waals surface area contributed by atoms with Gasteiger partial charge in [-0.2, -0.15) is 0 Å². The Hall–Kier alpha value is -2.32. The van der Waals surface area contributed by atoms with E-state index in [4.69, 9.17) is 4.74 Å². The van der Waals surface area contributed by atoms with Gasteiger partial charge < -0.3 is 10.1 Å². The Labute approximate surface area is 184 Å². The van der Waals surface area contributed by atoms with Crippen LogP contribution in [0, 0.1) is 0 Å². The number of carbonyl (C=O) groups is 1. The van der Waals surface area contributed by atoms with Gasteiger partial charge >= 0.3 is 6.09 Å². The van der Waals surface area contributed by atoms with E-state index >= 15 is 0 Å². The van der Waals surface area contributed by atoms with Crippen molar-refractivity contribution in [2.75, 3.05) is 0 Å². The fourth-order valence-corrected chi connectivity index (χ4v) is 6.30. The molecule has 0 fully saturated rings. The third-order valence-corrected chi connectivity index (χ3v) is 7.64. The topological polar surface area (TPSA) is 77.4 Å². The van der Waals surface area contributed by atoms with E-state index in [0.29, 0.717) is 10.1 Å². The first-order chi connectivity index (χ1) is 14.1. The Morgan fingerprint density at radius 2 is 1.87 bits per heavy atom. The molecule has 4 rings (SSSR count). The summed E-state index contributed by atoms with van der Waals surface area (Å²) in [6.45, 7) is 5.48. The van der Waals surface area contributed by atoms with Crippen molar-refractivity contribution in [2.24, 2.45) is 0 Å². The molecule has 158 valence electrons. The Balaban J connectivity index is 1.73. The van der Waals surface area contributed by atoms with Gasteiger partial charge in [-0.3, -0.25) is 0 Å². The molecule has 0 saturated carbocycles. The maximum Gasteiger partial charge on any atom is 0.408 e. The zero-order chi connectivity index (χ0) is 21.7. The van der Waals surface area contributed by atoms with E-state index in [1.165, 1.54) is 3.97 Å². The van der Waals surface area contributed by atoms with Crippen LogP contribution in [0.2, 0.25) is 0 Å². The molecule has 1 heterocycles. The number of nitrogens with one attached hydrogen (secondary N) is 1. The minimum Gasteiger partial charge on any atom is -0.444 e. The molecule has 1 N–H and O–H groups in total. The average molecular weight is 491 g/mol. The average Bonchev–Trinajstić information content (AvgIpc) is 3.21. The molecule has 0 spiro atoms. The highest BCUT2D eigenvalue weighted by molar-refractivity contribution is 9.10. The van der Waals surface area contributed by atoms with E-state index in [-0.39, 0.29) is 10.9 Å². The first kappa shape index (κ1) is 20.9. The molecule has 6 nitrogen and oxygen atoms in total. The molecule has 0 aliphatic heterocycles. The van der Waals surface area contributed by atoms with Gasteiger partial charge in [-0.1, -0.05) is 24.3 Å². The highest BCUT2D eigenvalue weighted by atomic mass is 79.9.